The van der Waals surface area contributed by atoms with E-state index in [2.05, 4.69) is 5.32 Å². The summed E-state index contributed by atoms with van der Waals surface area (Å²) in [7, 11) is 1.32. The van der Waals surface area contributed by atoms with Crippen molar-refractivity contribution in [2.24, 2.45) is 0 Å². The smallest absolute Gasteiger partial charge is 0.336 e. The number of carbonyl (C=O) groups is 2. The van der Waals surface area contributed by atoms with Crippen molar-refractivity contribution in [3.8, 4) is 0 Å². The normalized spacial score (nSPS) is 19.1. The van der Waals surface area contributed by atoms with Gasteiger partial charge in [0.15, 0.2) is 0 Å². The molecule has 1 heterocycles. The minimum Gasteiger partial charge on any atom is -0.466 e. The van der Waals surface area contributed by atoms with Crippen molar-refractivity contribution in [1.82, 2.24) is 5.32 Å². The van der Waals surface area contributed by atoms with Crippen molar-refractivity contribution < 1.29 is 14.3 Å². The third-order valence-electron chi connectivity index (χ3n) is 3.15. The van der Waals surface area contributed by atoms with E-state index in [0.29, 0.717) is 16.3 Å². The Morgan fingerprint density at radius 3 is 2.74 bits per heavy atom. The van der Waals surface area contributed by atoms with E-state index in [4.69, 9.17) is 16.3 Å². The number of nitrogens with one attached hydrogen (secondary N) is 1. The van der Waals surface area contributed by atoms with Crippen LogP contribution in [0.25, 0.3) is 0 Å². The number of methoxy groups -OCH3 is 1. The number of amides is 1. The second kappa shape index (κ2) is 5.45. The summed E-state index contributed by atoms with van der Waals surface area (Å²) >= 11 is 6.16. The highest BCUT2D eigenvalue weighted by Gasteiger charge is 2.33. The Bertz CT molecular complexity index is 566. The number of rotatable bonds is 2. The molecule has 0 bridgehead atoms. The molecule has 4 nitrogen and oxygen atoms in total. The van der Waals surface area contributed by atoms with Crippen LogP contribution in [0.5, 0.6) is 0 Å². The predicted octanol–water partition coefficient (Wildman–Crippen LogP) is 2.39. The van der Waals surface area contributed by atoms with Crippen molar-refractivity contribution in [3.63, 3.8) is 0 Å². The Morgan fingerprint density at radius 1 is 1.42 bits per heavy atom. The first kappa shape index (κ1) is 13.6. The molecule has 0 unspecified atom stereocenters. The lowest BCUT2D eigenvalue weighted by molar-refractivity contribution is -0.136. The molecule has 0 saturated carbocycles. The second-order valence-corrected chi connectivity index (χ2v) is 4.76. The van der Waals surface area contributed by atoms with Crippen LogP contribution in [0, 0.1) is 0 Å². The van der Waals surface area contributed by atoms with Crippen molar-refractivity contribution in [3.05, 3.63) is 46.1 Å². The lowest BCUT2D eigenvalue weighted by Gasteiger charge is -2.26. The van der Waals surface area contributed by atoms with Gasteiger partial charge in [-0.05, 0) is 18.6 Å². The fraction of sp³-hybridized carbons (Fsp3) is 0.286. The lowest BCUT2D eigenvalue weighted by Crippen LogP contribution is -2.34. The van der Waals surface area contributed by atoms with Gasteiger partial charge in [0.2, 0.25) is 5.91 Å². The van der Waals surface area contributed by atoms with E-state index in [1.165, 1.54) is 7.11 Å². The van der Waals surface area contributed by atoms with Gasteiger partial charge in [-0.25, -0.2) is 4.79 Å². The Labute approximate surface area is 116 Å². The average Bonchev–Trinajstić information content (AvgIpc) is 2.37. The molecule has 1 aliphatic heterocycles. The minimum absolute atomic E-state index is 0.130. The highest BCUT2D eigenvalue weighted by atomic mass is 35.5. The molecule has 1 N–H and O–H groups in total. The van der Waals surface area contributed by atoms with Gasteiger partial charge in [-0.1, -0.05) is 29.8 Å². The van der Waals surface area contributed by atoms with Crippen molar-refractivity contribution >= 4 is 23.5 Å². The summed E-state index contributed by atoms with van der Waals surface area (Å²) in [5.41, 5.74) is 1.74. The molecule has 19 heavy (non-hydrogen) atoms. The molecular formula is C14H14ClNO3. The highest BCUT2D eigenvalue weighted by Crippen LogP contribution is 2.36. The molecule has 0 aliphatic carbocycles. The van der Waals surface area contributed by atoms with Crippen LogP contribution in [0.2, 0.25) is 5.02 Å². The van der Waals surface area contributed by atoms with Crippen LogP contribution >= 0.6 is 11.6 Å². The van der Waals surface area contributed by atoms with Crippen LogP contribution in [0.1, 0.15) is 24.8 Å². The molecule has 0 saturated heterocycles. The van der Waals surface area contributed by atoms with E-state index in [0.717, 1.165) is 5.56 Å². The number of hydrogen-bond donors (Lipinski definition) is 1. The van der Waals surface area contributed by atoms with Crippen LogP contribution < -0.4 is 5.32 Å². The zero-order valence-corrected chi connectivity index (χ0v) is 11.5. The molecule has 1 aliphatic rings. The van der Waals surface area contributed by atoms with Crippen LogP contribution in [-0.4, -0.2) is 19.0 Å². The topological polar surface area (TPSA) is 55.4 Å². The Hall–Kier alpha value is -1.81. The maximum Gasteiger partial charge on any atom is 0.336 e. The van der Waals surface area contributed by atoms with E-state index in [-0.39, 0.29) is 18.2 Å². The summed E-state index contributed by atoms with van der Waals surface area (Å²) in [5, 5.41) is 3.20. The molecule has 0 spiro atoms. The highest BCUT2D eigenvalue weighted by molar-refractivity contribution is 6.31. The summed E-state index contributed by atoms with van der Waals surface area (Å²) in [4.78, 5) is 23.6. The first-order chi connectivity index (χ1) is 9.04. The molecule has 0 aromatic heterocycles. The van der Waals surface area contributed by atoms with Gasteiger partial charge >= 0.3 is 5.97 Å². The average molecular weight is 280 g/mol. The molecule has 100 valence electrons. The first-order valence-corrected chi connectivity index (χ1v) is 6.25. The molecular weight excluding hydrogens is 266 g/mol. The van der Waals surface area contributed by atoms with Gasteiger partial charge in [-0.3, -0.25) is 4.79 Å². The Morgan fingerprint density at radius 2 is 2.11 bits per heavy atom. The van der Waals surface area contributed by atoms with Crippen molar-refractivity contribution in [2.45, 2.75) is 19.3 Å². The minimum atomic E-state index is -0.442. The van der Waals surface area contributed by atoms with Gasteiger partial charge in [0.1, 0.15) is 0 Å². The summed E-state index contributed by atoms with van der Waals surface area (Å²) in [6.07, 6.45) is 0.186. The van der Waals surface area contributed by atoms with E-state index in [1.807, 2.05) is 18.2 Å². The number of halogens is 1. The largest absolute Gasteiger partial charge is 0.466 e. The number of hydrogen-bond acceptors (Lipinski definition) is 3. The maximum absolute atomic E-state index is 11.9. The molecule has 1 atom stereocenters. The molecule has 0 radical (unpaired) electrons. The number of allylic oxidation sites excluding steroid dienone is 1. The van der Waals surface area contributed by atoms with Gasteiger partial charge in [0.05, 0.1) is 12.7 Å². The number of ether oxygens (including phenoxy) is 1. The molecule has 1 aromatic rings. The summed E-state index contributed by atoms with van der Waals surface area (Å²) in [5.74, 6) is -0.938. The Kier molecular flexibility index (Phi) is 3.90. The fourth-order valence-corrected chi connectivity index (χ4v) is 2.57. The van der Waals surface area contributed by atoms with E-state index in [9.17, 15) is 9.59 Å². The van der Waals surface area contributed by atoms with E-state index in [1.54, 1.807) is 13.0 Å². The van der Waals surface area contributed by atoms with Gasteiger partial charge in [-0.15, -0.1) is 0 Å². The quantitative estimate of drug-likeness (QED) is 0.846. The van der Waals surface area contributed by atoms with E-state index < -0.39 is 5.97 Å². The van der Waals surface area contributed by atoms with Crippen LogP contribution in [0.15, 0.2) is 35.5 Å². The van der Waals surface area contributed by atoms with Gasteiger partial charge in [0.25, 0.3) is 0 Å². The maximum atomic E-state index is 11.9. The predicted molar refractivity (Wildman–Crippen MR) is 71.7 cm³/mol. The molecule has 1 aromatic carbocycles. The molecule has 0 fully saturated rings. The number of esters is 1. The van der Waals surface area contributed by atoms with Crippen molar-refractivity contribution in [2.75, 3.05) is 7.11 Å². The lowest BCUT2D eigenvalue weighted by atomic mass is 9.84. The second-order valence-electron chi connectivity index (χ2n) is 4.36. The summed E-state index contributed by atoms with van der Waals surface area (Å²) < 4.78 is 4.80. The molecule has 2 rings (SSSR count). The SMILES string of the molecule is COC(=O)C1=C(C)NC(=O)C[C@H]1c1ccccc1Cl. The third-order valence-corrected chi connectivity index (χ3v) is 3.50. The molecule has 1 amide bonds. The van der Waals surface area contributed by atoms with Crippen LogP contribution in [0.3, 0.4) is 0 Å². The first-order valence-electron chi connectivity index (χ1n) is 5.88. The fourth-order valence-electron chi connectivity index (χ4n) is 2.30. The zero-order valence-electron chi connectivity index (χ0n) is 10.7. The number of benzene rings is 1. The van der Waals surface area contributed by atoms with Crippen molar-refractivity contribution in [1.29, 1.82) is 0 Å². The monoisotopic (exact) mass is 279 g/mol. The summed E-state index contributed by atoms with van der Waals surface area (Å²) in [6, 6.07) is 7.20. The van der Waals surface area contributed by atoms with Gasteiger partial charge in [-0.2, -0.15) is 0 Å². The standard InChI is InChI=1S/C14H14ClNO3/c1-8-13(14(18)19-2)10(7-12(17)16-8)9-5-3-4-6-11(9)15/h3-6,10H,7H2,1-2H3,(H,16,17)/t10-/m0/s1. The molecule has 5 heteroatoms. The van der Waals surface area contributed by atoms with Gasteiger partial charge < -0.3 is 10.1 Å². The van der Waals surface area contributed by atoms with Gasteiger partial charge in [0, 0.05) is 23.1 Å². The third kappa shape index (κ3) is 2.63. The number of carbonyl (C=O) groups excluding carboxylic acids is 2. The van der Waals surface area contributed by atoms with E-state index >= 15 is 0 Å². The Balaban J connectivity index is 2.53. The zero-order chi connectivity index (χ0) is 14.0. The summed E-state index contributed by atoms with van der Waals surface area (Å²) in [6.45, 7) is 1.69. The van der Waals surface area contributed by atoms with Crippen LogP contribution in [-0.2, 0) is 14.3 Å². The van der Waals surface area contributed by atoms with Crippen LogP contribution in [0.4, 0.5) is 0 Å².